The minimum atomic E-state index is 0.0974. The van der Waals surface area contributed by atoms with Gasteiger partial charge in [-0.05, 0) is 55.4 Å². The summed E-state index contributed by atoms with van der Waals surface area (Å²) >= 11 is 0. The van der Waals surface area contributed by atoms with E-state index in [0.29, 0.717) is 18.8 Å². The first kappa shape index (κ1) is 17.7. The molecule has 4 rings (SSSR count). The van der Waals surface area contributed by atoms with Gasteiger partial charge in [-0.2, -0.15) is 0 Å². The molecule has 0 spiro atoms. The second-order valence-electron chi connectivity index (χ2n) is 7.48. The smallest absolute Gasteiger partial charge is 0.227 e. The number of aromatic nitrogens is 2. The molecule has 0 atom stereocenters. The third-order valence-corrected chi connectivity index (χ3v) is 5.41. The molecule has 1 aliphatic rings. The van der Waals surface area contributed by atoms with Crippen molar-refractivity contribution in [1.82, 2.24) is 14.9 Å². The molecular formula is C23H25N3O. The molecule has 27 heavy (non-hydrogen) atoms. The number of benzene rings is 2. The summed E-state index contributed by atoms with van der Waals surface area (Å²) in [5.74, 6) is 0.785. The van der Waals surface area contributed by atoms with E-state index in [9.17, 15) is 4.79 Å². The first-order chi connectivity index (χ1) is 13.1. The monoisotopic (exact) mass is 359 g/mol. The van der Waals surface area contributed by atoms with E-state index in [1.165, 1.54) is 30.4 Å². The minimum absolute atomic E-state index is 0.0974. The van der Waals surface area contributed by atoms with Crippen LogP contribution in [0, 0.1) is 6.92 Å². The molecule has 4 nitrogen and oxygen atoms in total. The van der Waals surface area contributed by atoms with E-state index in [1.807, 2.05) is 38.2 Å². The predicted molar refractivity (Wildman–Crippen MR) is 108 cm³/mol. The highest BCUT2D eigenvalue weighted by atomic mass is 16.2. The van der Waals surface area contributed by atoms with Crippen LogP contribution in [-0.2, 0) is 30.6 Å². The fourth-order valence-electron chi connectivity index (χ4n) is 3.87. The van der Waals surface area contributed by atoms with E-state index in [0.717, 1.165) is 28.6 Å². The second kappa shape index (κ2) is 7.47. The molecule has 4 heteroatoms. The number of para-hydroxylation sites is 1. The van der Waals surface area contributed by atoms with Crippen LogP contribution < -0.4 is 0 Å². The molecule has 0 fully saturated rings. The van der Waals surface area contributed by atoms with Gasteiger partial charge in [-0.1, -0.05) is 36.4 Å². The van der Waals surface area contributed by atoms with Gasteiger partial charge in [0.05, 0.1) is 18.5 Å². The lowest BCUT2D eigenvalue weighted by molar-refractivity contribution is -0.129. The lowest BCUT2D eigenvalue weighted by atomic mass is 9.90. The number of amides is 1. The van der Waals surface area contributed by atoms with E-state index >= 15 is 0 Å². The van der Waals surface area contributed by atoms with Gasteiger partial charge in [0.15, 0.2) is 0 Å². The summed E-state index contributed by atoms with van der Waals surface area (Å²) in [6, 6.07) is 14.5. The average Bonchev–Trinajstić information content (AvgIpc) is 2.68. The van der Waals surface area contributed by atoms with Gasteiger partial charge in [0.2, 0.25) is 5.91 Å². The SMILES string of the molecule is Cc1nc(CN(C)C(=O)Cc2ccc3c(c2)CCCC3)nc2ccccc12. The Labute approximate surface area is 160 Å². The van der Waals surface area contributed by atoms with Crippen molar-refractivity contribution in [1.29, 1.82) is 0 Å². The number of likely N-dealkylation sites (N-methyl/N-ethyl adjacent to an activating group) is 1. The maximum atomic E-state index is 12.7. The molecule has 0 saturated heterocycles. The Morgan fingerprint density at radius 1 is 1.04 bits per heavy atom. The first-order valence-electron chi connectivity index (χ1n) is 9.67. The number of aryl methyl sites for hydroxylation is 3. The van der Waals surface area contributed by atoms with Gasteiger partial charge in [-0.15, -0.1) is 0 Å². The maximum Gasteiger partial charge on any atom is 0.227 e. The second-order valence-corrected chi connectivity index (χ2v) is 7.48. The van der Waals surface area contributed by atoms with Crippen molar-refractivity contribution in [3.63, 3.8) is 0 Å². The van der Waals surface area contributed by atoms with E-state index in [2.05, 4.69) is 28.2 Å². The Kier molecular flexibility index (Phi) is 4.88. The molecule has 0 aliphatic heterocycles. The van der Waals surface area contributed by atoms with Crippen LogP contribution in [0.15, 0.2) is 42.5 Å². The zero-order valence-electron chi connectivity index (χ0n) is 16.0. The Morgan fingerprint density at radius 2 is 1.81 bits per heavy atom. The van der Waals surface area contributed by atoms with Crippen LogP contribution in [0.1, 0.15) is 41.1 Å². The first-order valence-corrected chi connectivity index (χ1v) is 9.67. The van der Waals surface area contributed by atoms with Gasteiger partial charge >= 0.3 is 0 Å². The van der Waals surface area contributed by atoms with Crippen molar-refractivity contribution in [2.24, 2.45) is 0 Å². The largest absolute Gasteiger partial charge is 0.338 e. The zero-order chi connectivity index (χ0) is 18.8. The molecule has 0 unspecified atom stereocenters. The standard InChI is InChI=1S/C23H25N3O/c1-16-20-9-5-6-10-21(20)25-22(24-16)15-26(2)23(27)14-17-11-12-18-7-3-4-8-19(18)13-17/h5-6,9-13H,3-4,7-8,14-15H2,1-2H3. The van der Waals surface area contributed by atoms with Crippen LogP contribution in [0.2, 0.25) is 0 Å². The summed E-state index contributed by atoms with van der Waals surface area (Å²) in [5, 5.41) is 1.06. The van der Waals surface area contributed by atoms with Crippen LogP contribution in [0.4, 0.5) is 0 Å². The normalized spacial score (nSPS) is 13.4. The van der Waals surface area contributed by atoms with Crippen molar-refractivity contribution in [2.75, 3.05) is 7.05 Å². The summed E-state index contributed by atoms with van der Waals surface area (Å²) in [6.45, 7) is 2.41. The number of hydrogen-bond acceptors (Lipinski definition) is 3. The molecular weight excluding hydrogens is 334 g/mol. The third-order valence-electron chi connectivity index (χ3n) is 5.41. The summed E-state index contributed by atoms with van der Waals surface area (Å²) in [7, 11) is 1.83. The van der Waals surface area contributed by atoms with Gasteiger partial charge in [-0.3, -0.25) is 4.79 Å². The quantitative estimate of drug-likeness (QED) is 0.707. The fourth-order valence-corrected chi connectivity index (χ4v) is 3.87. The number of fused-ring (bicyclic) bond motifs is 2. The Morgan fingerprint density at radius 3 is 2.67 bits per heavy atom. The van der Waals surface area contributed by atoms with Crippen molar-refractivity contribution < 1.29 is 4.79 Å². The third kappa shape index (κ3) is 3.85. The highest BCUT2D eigenvalue weighted by Crippen LogP contribution is 2.22. The van der Waals surface area contributed by atoms with Gasteiger partial charge < -0.3 is 4.90 Å². The lowest BCUT2D eigenvalue weighted by Crippen LogP contribution is -2.28. The zero-order valence-corrected chi connectivity index (χ0v) is 16.0. The molecule has 2 aromatic carbocycles. The van der Waals surface area contributed by atoms with Gasteiger partial charge in [0.1, 0.15) is 5.82 Å². The number of rotatable bonds is 4. The van der Waals surface area contributed by atoms with Crippen LogP contribution in [0.3, 0.4) is 0 Å². The Balaban J connectivity index is 1.46. The molecule has 3 aromatic rings. The van der Waals surface area contributed by atoms with Crippen LogP contribution in [0.25, 0.3) is 10.9 Å². The Hall–Kier alpha value is -2.75. The summed E-state index contributed by atoms with van der Waals surface area (Å²) in [5.41, 5.74) is 5.85. The molecule has 138 valence electrons. The summed E-state index contributed by atoms with van der Waals surface area (Å²) in [6.07, 6.45) is 5.26. The molecule has 0 bridgehead atoms. The minimum Gasteiger partial charge on any atom is -0.338 e. The average molecular weight is 359 g/mol. The number of carbonyl (C=O) groups is 1. The van der Waals surface area contributed by atoms with E-state index in [4.69, 9.17) is 0 Å². The molecule has 0 radical (unpaired) electrons. The number of carbonyl (C=O) groups excluding carboxylic acids is 1. The maximum absolute atomic E-state index is 12.7. The number of hydrogen-bond donors (Lipinski definition) is 0. The lowest BCUT2D eigenvalue weighted by Gasteiger charge is -2.19. The van der Waals surface area contributed by atoms with Gasteiger partial charge in [-0.25, -0.2) is 9.97 Å². The van der Waals surface area contributed by atoms with E-state index in [-0.39, 0.29) is 5.91 Å². The molecule has 1 heterocycles. The summed E-state index contributed by atoms with van der Waals surface area (Å²) < 4.78 is 0. The molecule has 0 saturated carbocycles. The van der Waals surface area contributed by atoms with Crippen LogP contribution >= 0.6 is 0 Å². The summed E-state index contributed by atoms with van der Waals surface area (Å²) in [4.78, 5) is 23.6. The van der Waals surface area contributed by atoms with E-state index in [1.54, 1.807) is 4.90 Å². The highest BCUT2D eigenvalue weighted by molar-refractivity contribution is 5.81. The predicted octanol–water partition coefficient (Wildman–Crippen LogP) is 4.02. The molecule has 0 N–H and O–H groups in total. The van der Waals surface area contributed by atoms with Gasteiger partial charge in [0.25, 0.3) is 0 Å². The van der Waals surface area contributed by atoms with Crippen molar-refractivity contribution >= 4 is 16.8 Å². The molecule has 1 amide bonds. The topological polar surface area (TPSA) is 46.1 Å². The van der Waals surface area contributed by atoms with Crippen molar-refractivity contribution in [3.05, 3.63) is 70.7 Å². The van der Waals surface area contributed by atoms with Crippen molar-refractivity contribution in [3.8, 4) is 0 Å². The molecule has 1 aromatic heterocycles. The van der Waals surface area contributed by atoms with Crippen LogP contribution in [0.5, 0.6) is 0 Å². The highest BCUT2D eigenvalue weighted by Gasteiger charge is 2.15. The van der Waals surface area contributed by atoms with Crippen molar-refractivity contribution in [2.45, 2.75) is 45.6 Å². The molecule has 1 aliphatic carbocycles. The number of nitrogens with zero attached hydrogens (tertiary/aromatic N) is 3. The van der Waals surface area contributed by atoms with E-state index < -0.39 is 0 Å². The Bertz CT molecular complexity index is 996. The fraction of sp³-hybridized carbons (Fsp3) is 0.348. The van der Waals surface area contributed by atoms with Gasteiger partial charge in [0, 0.05) is 18.1 Å². The van der Waals surface area contributed by atoms with Crippen LogP contribution in [-0.4, -0.2) is 27.8 Å².